The van der Waals surface area contributed by atoms with Gasteiger partial charge in [-0.3, -0.25) is 14.5 Å². The van der Waals surface area contributed by atoms with E-state index in [2.05, 4.69) is 22.2 Å². The van der Waals surface area contributed by atoms with Crippen LogP contribution in [-0.2, 0) is 4.79 Å². The van der Waals surface area contributed by atoms with Gasteiger partial charge in [-0.15, -0.1) is 11.3 Å². The molecule has 2 aromatic heterocycles. The van der Waals surface area contributed by atoms with Crippen molar-refractivity contribution in [3.63, 3.8) is 0 Å². The summed E-state index contributed by atoms with van der Waals surface area (Å²) >= 11 is 1.11. The predicted octanol–water partition coefficient (Wildman–Crippen LogP) is 5.55. The average molecular weight is 558 g/mol. The fourth-order valence-electron chi connectivity index (χ4n) is 4.99. The summed E-state index contributed by atoms with van der Waals surface area (Å²) < 4.78 is 20.6. The summed E-state index contributed by atoms with van der Waals surface area (Å²) in [7, 11) is 0. The molecule has 0 spiro atoms. The van der Waals surface area contributed by atoms with Crippen molar-refractivity contribution in [1.82, 2.24) is 15.2 Å². The highest BCUT2D eigenvalue weighted by atomic mass is 32.1. The number of aromatic nitrogens is 1. The van der Waals surface area contributed by atoms with Gasteiger partial charge in [-0.25, -0.2) is 14.2 Å². The van der Waals surface area contributed by atoms with E-state index in [9.17, 15) is 18.8 Å². The maximum Gasteiger partial charge on any atom is 0.331 e. The maximum absolute atomic E-state index is 14.6. The van der Waals surface area contributed by atoms with E-state index in [1.807, 2.05) is 49.4 Å². The zero-order valence-corrected chi connectivity index (χ0v) is 22.2. The SMILES string of the molecule is C=CC(=O)N1C[C@@H](F)[C@@H](NC(=O)c2sc3nccc4c3c2NC(=O)N4c2ccc(Oc3ccccc3)cc2C)C1. The molecule has 202 valence electrons. The number of benzene rings is 2. The molecular formula is C29H24FN5O4S. The van der Waals surface area contributed by atoms with E-state index in [-0.39, 0.29) is 18.0 Å². The summed E-state index contributed by atoms with van der Waals surface area (Å²) in [5, 5.41) is 6.16. The summed E-state index contributed by atoms with van der Waals surface area (Å²) in [5.74, 6) is 0.391. The molecule has 0 bridgehead atoms. The summed E-state index contributed by atoms with van der Waals surface area (Å²) in [6.45, 7) is 5.22. The largest absolute Gasteiger partial charge is 0.457 e. The molecule has 0 saturated carbocycles. The van der Waals surface area contributed by atoms with Crippen LogP contribution in [0, 0.1) is 6.92 Å². The fourth-order valence-corrected chi connectivity index (χ4v) is 6.02. The fraction of sp³-hybridized carbons (Fsp3) is 0.172. The quantitative estimate of drug-likeness (QED) is 0.303. The van der Waals surface area contributed by atoms with Crippen LogP contribution < -0.4 is 20.3 Å². The highest BCUT2D eigenvalue weighted by molar-refractivity contribution is 7.21. The van der Waals surface area contributed by atoms with Crippen molar-refractivity contribution in [2.45, 2.75) is 19.1 Å². The van der Waals surface area contributed by atoms with Crippen LogP contribution in [0.1, 0.15) is 15.2 Å². The molecule has 2 aliphatic rings. The number of hydrogen-bond acceptors (Lipinski definition) is 6. The van der Waals surface area contributed by atoms with E-state index in [4.69, 9.17) is 4.74 Å². The number of likely N-dealkylation sites (tertiary alicyclic amines) is 1. The van der Waals surface area contributed by atoms with Gasteiger partial charge in [0.1, 0.15) is 27.4 Å². The van der Waals surface area contributed by atoms with Crippen LogP contribution in [0.25, 0.3) is 10.2 Å². The van der Waals surface area contributed by atoms with Crippen molar-refractivity contribution in [3.8, 4) is 11.5 Å². The Morgan fingerprint density at radius 3 is 2.70 bits per heavy atom. The van der Waals surface area contributed by atoms with Crippen molar-refractivity contribution >= 4 is 56.5 Å². The van der Waals surface area contributed by atoms with Gasteiger partial charge in [0.05, 0.1) is 35.0 Å². The number of halogens is 1. The molecule has 6 rings (SSSR count). The van der Waals surface area contributed by atoms with Crippen molar-refractivity contribution in [2.24, 2.45) is 0 Å². The molecule has 1 fully saturated rings. The molecule has 9 nitrogen and oxygen atoms in total. The number of urea groups is 1. The third-order valence-corrected chi connectivity index (χ3v) is 7.99. The number of amides is 4. The Bertz CT molecular complexity index is 1670. The van der Waals surface area contributed by atoms with Gasteiger partial charge in [0.2, 0.25) is 5.91 Å². The van der Waals surface area contributed by atoms with Gasteiger partial charge in [-0.2, -0.15) is 0 Å². The summed E-state index contributed by atoms with van der Waals surface area (Å²) in [6.07, 6.45) is 1.28. The van der Waals surface area contributed by atoms with E-state index in [1.165, 1.54) is 4.90 Å². The lowest BCUT2D eigenvalue weighted by molar-refractivity contribution is -0.125. The molecule has 4 heterocycles. The summed E-state index contributed by atoms with van der Waals surface area (Å²) in [5.41, 5.74) is 2.35. The second-order valence-corrected chi connectivity index (χ2v) is 10.5. The molecule has 2 N–H and O–H groups in total. The molecule has 4 aromatic rings. The molecule has 2 aliphatic heterocycles. The lowest BCUT2D eigenvalue weighted by atomic mass is 10.1. The van der Waals surface area contributed by atoms with Crippen LogP contribution in [0.3, 0.4) is 0 Å². The molecule has 0 unspecified atom stereocenters. The molecule has 11 heteroatoms. The molecule has 4 amide bonds. The third-order valence-electron chi connectivity index (χ3n) is 6.89. The molecule has 0 aliphatic carbocycles. The van der Waals surface area contributed by atoms with Crippen LogP contribution in [0.15, 0.2) is 73.4 Å². The van der Waals surface area contributed by atoms with Gasteiger partial charge in [0.15, 0.2) is 0 Å². The van der Waals surface area contributed by atoms with Crippen molar-refractivity contribution in [3.05, 3.63) is 83.9 Å². The number of anilines is 3. The number of ether oxygens (including phenoxy) is 1. The molecule has 40 heavy (non-hydrogen) atoms. The van der Waals surface area contributed by atoms with E-state index >= 15 is 0 Å². The summed E-state index contributed by atoms with van der Waals surface area (Å²) in [4.78, 5) is 46.7. The van der Waals surface area contributed by atoms with E-state index in [0.29, 0.717) is 38.8 Å². The van der Waals surface area contributed by atoms with Crippen LogP contribution >= 0.6 is 11.3 Å². The number of rotatable bonds is 6. The minimum Gasteiger partial charge on any atom is -0.457 e. The molecule has 2 atom stereocenters. The number of thiophene rings is 1. The Balaban J connectivity index is 1.30. The monoisotopic (exact) mass is 557 g/mol. The lowest BCUT2D eigenvalue weighted by Crippen LogP contribution is -2.42. The number of pyridine rings is 1. The first-order valence-corrected chi connectivity index (χ1v) is 13.4. The van der Waals surface area contributed by atoms with Crippen LogP contribution in [-0.4, -0.2) is 53.0 Å². The smallest absolute Gasteiger partial charge is 0.331 e. The Morgan fingerprint density at radius 1 is 1.15 bits per heavy atom. The second-order valence-electron chi connectivity index (χ2n) is 9.49. The van der Waals surface area contributed by atoms with Gasteiger partial charge in [-0.05, 0) is 55.0 Å². The van der Waals surface area contributed by atoms with Crippen LogP contribution in [0.4, 0.5) is 26.2 Å². The van der Waals surface area contributed by atoms with E-state index in [0.717, 1.165) is 23.0 Å². The molecule has 0 radical (unpaired) electrons. The minimum absolute atomic E-state index is 0.0326. The normalized spacial score (nSPS) is 18.0. The van der Waals surface area contributed by atoms with Gasteiger partial charge >= 0.3 is 6.03 Å². The van der Waals surface area contributed by atoms with E-state index < -0.39 is 30.1 Å². The van der Waals surface area contributed by atoms with Gasteiger partial charge in [0, 0.05) is 12.7 Å². The number of hydrogen-bond donors (Lipinski definition) is 2. The predicted molar refractivity (Wildman–Crippen MR) is 151 cm³/mol. The minimum atomic E-state index is -1.42. The lowest BCUT2D eigenvalue weighted by Gasteiger charge is -2.29. The zero-order valence-electron chi connectivity index (χ0n) is 21.4. The Labute approximate surface area is 232 Å². The average Bonchev–Trinajstić information content (AvgIpc) is 3.50. The number of para-hydroxylation sites is 1. The van der Waals surface area contributed by atoms with Crippen molar-refractivity contribution in [2.75, 3.05) is 23.3 Å². The van der Waals surface area contributed by atoms with Gasteiger partial charge < -0.3 is 20.3 Å². The number of carbonyl (C=O) groups excluding carboxylic acids is 3. The zero-order chi connectivity index (χ0) is 28.0. The number of nitrogens with one attached hydrogen (secondary N) is 2. The highest BCUT2D eigenvalue weighted by Gasteiger charge is 2.38. The van der Waals surface area contributed by atoms with Crippen LogP contribution in [0.5, 0.6) is 11.5 Å². The number of nitrogens with zero attached hydrogens (tertiary/aromatic N) is 3. The first-order chi connectivity index (χ1) is 19.3. The molecule has 1 saturated heterocycles. The number of alkyl halides is 1. The second kappa shape index (κ2) is 10.1. The Morgan fingerprint density at radius 2 is 1.95 bits per heavy atom. The standard InChI is InChI=1S/C29H24FN5O4S/c1-3-23(36)34-14-19(30)20(15-34)32-27(37)26-25-24-22(11-12-31-28(24)40-26)35(29(38)33-25)21-10-9-18(13-16(21)2)39-17-7-5-4-6-8-17/h3-13,19-20H,1,14-15H2,2H3,(H,32,37)(H,33,38)/t19-,20+/m1/s1. The Hall–Kier alpha value is -4.77. The molecule has 2 aromatic carbocycles. The summed E-state index contributed by atoms with van der Waals surface area (Å²) in [6, 6.07) is 15.3. The van der Waals surface area contributed by atoms with Gasteiger partial charge in [0.25, 0.3) is 5.91 Å². The Kier molecular flexibility index (Phi) is 6.43. The molecular weight excluding hydrogens is 533 g/mol. The van der Waals surface area contributed by atoms with Crippen molar-refractivity contribution < 1.29 is 23.5 Å². The number of carbonyl (C=O) groups is 3. The first-order valence-electron chi connectivity index (χ1n) is 12.6. The number of aryl methyl sites for hydroxylation is 1. The maximum atomic E-state index is 14.6. The van der Waals surface area contributed by atoms with E-state index in [1.54, 1.807) is 23.2 Å². The van der Waals surface area contributed by atoms with Crippen LogP contribution in [0.2, 0.25) is 0 Å². The topological polar surface area (TPSA) is 104 Å². The highest BCUT2D eigenvalue weighted by Crippen LogP contribution is 2.46. The van der Waals surface area contributed by atoms with Crippen molar-refractivity contribution in [1.29, 1.82) is 0 Å². The first kappa shape index (κ1) is 25.5. The van der Waals surface area contributed by atoms with Gasteiger partial charge in [-0.1, -0.05) is 24.8 Å². The third kappa shape index (κ3) is 4.43.